The number of alkyl halides is 3. The average Bonchev–Trinajstić information content (AvgIpc) is 3.75. The zero-order chi connectivity index (χ0) is 36.7. The number of aldehydes is 1. The molecule has 2 amide bonds. The van der Waals surface area contributed by atoms with Crippen molar-refractivity contribution in [3.8, 4) is 0 Å². The first-order valence-electron chi connectivity index (χ1n) is 17.6. The van der Waals surface area contributed by atoms with Crippen LogP contribution in [0.25, 0.3) is 10.9 Å². The van der Waals surface area contributed by atoms with E-state index in [2.05, 4.69) is 29.4 Å². The van der Waals surface area contributed by atoms with Crippen LogP contribution in [0.5, 0.6) is 0 Å². The summed E-state index contributed by atoms with van der Waals surface area (Å²) in [7, 11) is 5.39. The summed E-state index contributed by atoms with van der Waals surface area (Å²) in [4.78, 5) is 42.9. The molecule has 0 radical (unpaired) electrons. The molecule has 6 atom stereocenters. The zero-order valence-corrected chi connectivity index (χ0v) is 30.2. The number of ether oxygens (including phenoxy) is 1. The number of aromatic amines is 1. The van der Waals surface area contributed by atoms with Gasteiger partial charge in [0.15, 0.2) is 0 Å². The van der Waals surface area contributed by atoms with E-state index in [1.165, 1.54) is 5.56 Å². The van der Waals surface area contributed by atoms with Crippen LogP contribution in [0, 0.1) is 12.8 Å². The summed E-state index contributed by atoms with van der Waals surface area (Å²) in [5, 5.41) is 3.39. The maximum Gasteiger partial charge on any atom is 0.431 e. The van der Waals surface area contributed by atoms with E-state index in [4.69, 9.17) is 4.74 Å². The number of halogens is 3. The smallest absolute Gasteiger partial charge is 0.359 e. The molecule has 274 valence electrons. The molecule has 3 saturated heterocycles. The number of benzene rings is 2. The zero-order valence-electron chi connectivity index (χ0n) is 30.2. The van der Waals surface area contributed by atoms with Crippen LogP contribution in [0.4, 0.5) is 13.2 Å². The third kappa shape index (κ3) is 8.58. The number of aryl methyl sites for hydroxylation is 1. The Bertz CT molecular complexity index is 1600. The van der Waals surface area contributed by atoms with Crippen molar-refractivity contribution in [3.63, 3.8) is 0 Å². The van der Waals surface area contributed by atoms with E-state index in [1.54, 1.807) is 26.1 Å². The number of piperazine rings is 1. The Morgan fingerprint density at radius 2 is 1.76 bits per heavy atom. The molecule has 1 aromatic heterocycles. The number of nitrogens with zero attached hydrogens (tertiary/aromatic N) is 3. The number of likely N-dealkylation sites (N-methyl/N-ethyl adjacent to an activating group) is 2. The summed E-state index contributed by atoms with van der Waals surface area (Å²) in [6.45, 7) is 9.59. The van der Waals surface area contributed by atoms with E-state index >= 15 is 0 Å². The number of piperidine rings is 1. The Labute approximate surface area is 293 Å². The minimum atomic E-state index is -4.39. The molecule has 0 spiro atoms. The molecule has 12 heteroatoms. The average molecular weight is 700 g/mol. The SMILES string of the molecule is CC.CC(C=O)OC1C2CCCN2C(=O)CN1C.CNC(=O)C1CC2c3cccc4[nH]c(C(F)(F)F)c(c34)CC2N(C)C1.Cc1ccccc1. The molecule has 9 nitrogen and oxygen atoms in total. The van der Waals surface area contributed by atoms with E-state index in [0.29, 0.717) is 42.4 Å². The van der Waals surface area contributed by atoms with Gasteiger partial charge in [0.1, 0.15) is 24.3 Å². The Balaban J connectivity index is 0.000000191. The molecule has 6 unspecified atom stereocenters. The van der Waals surface area contributed by atoms with E-state index in [1.807, 2.05) is 66.9 Å². The van der Waals surface area contributed by atoms with Crippen LogP contribution in [-0.2, 0) is 31.7 Å². The topological polar surface area (TPSA) is 98.0 Å². The lowest BCUT2D eigenvalue weighted by atomic mass is 9.72. The van der Waals surface area contributed by atoms with Crippen LogP contribution >= 0.6 is 0 Å². The monoisotopic (exact) mass is 699 g/mol. The highest BCUT2D eigenvalue weighted by atomic mass is 19.4. The number of aromatic nitrogens is 1. The van der Waals surface area contributed by atoms with E-state index in [9.17, 15) is 27.6 Å². The fraction of sp³-hybridized carbons (Fsp3) is 0.553. The van der Waals surface area contributed by atoms with Crippen LogP contribution in [0.2, 0.25) is 0 Å². The number of H-pyrrole nitrogens is 1. The number of amides is 2. The van der Waals surface area contributed by atoms with Gasteiger partial charge >= 0.3 is 6.18 Å². The predicted octanol–water partition coefficient (Wildman–Crippen LogP) is 5.77. The normalized spacial score (nSPS) is 25.0. The Morgan fingerprint density at radius 3 is 2.36 bits per heavy atom. The third-order valence-corrected chi connectivity index (χ3v) is 10.0. The van der Waals surface area contributed by atoms with E-state index in [0.717, 1.165) is 31.2 Å². The van der Waals surface area contributed by atoms with Crippen LogP contribution in [0.1, 0.15) is 68.3 Å². The van der Waals surface area contributed by atoms with Crippen molar-refractivity contribution in [2.45, 2.75) is 89.9 Å². The first-order chi connectivity index (χ1) is 23.8. The van der Waals surface area contributed by atoms with Gasteiger partial charge in [-0.1, -0.05) is 61.9 Å². The van der Waals surface area contributed by atoms with Crippen molar-refractivity contribution in [1.29, 1.82) is 0 Å². The predicted molar refractivity (Wildman–Crippen MR) is 189 cm³/mol. The molecule has 3 aliphatic heterocycles. The Morgan fingerprint density at radius 1 is 1.06 bits per heavy atom. The molecule has 3 fully saturated rings. The maximum absolute atomic E-state index is 13.5. The van der Waals surface area contributed by atoms with E-state index in [-0.39, 0.29) is 42.0 Å². The lowest BCUT2D eigenvalue weighted by Crippen LogP contribution is -2.60. The summed E-state index contributed by atoms with van der Waals surface area (Å²) in [5.41, 5.74) is 2.52. The molecular formula is C38H52F3N5O4. The van der Waals surface area contributed by atoms with Crippen molar-refractivity contribution >= 4 is 29.0 Å². The first-order valence-corrected chi connectivity index (χ1v) is 17.6. The second kappa shape index (κ2) is 17.0. The molecule has 50 heavy (non-hydrogen) atoms. The molecule has 0 saturated carbocycles. The molecule has 2 N–H and O–H groups in total. The maximum atomic E-state index is 13.5. The highest BCUT2D eigenvalue weighted by Gasteiger charge is 2.46. The highest BCUT2D eigenvalue weighted by molar-refractivity contribution is 5.90. The van der Waals surface area contributed by atoms with Gasteiger partial charge in [0.2, 0.25) is 11.8 Å². The summed E-state index contributed by atoms with van der Waals surface area (Å²) in [6, 6.07) is 15.8. The third-order valence-electron chi connectivity index (χ3n) is 10.0. The molecule has 4 heterocycles. The van der Waals surface area contributed by atoms with Crippen LogP contribution < -0.4 is 5.32 Å². The quantitative estimate of drug-likeness (QED) is 0.336. The van der Waals surface area contributed by atoms with Crippen molar-refractivity contribution in [1.82, 2.24) is 25.0 Å². The number of hydrogen-bond acceptors (Lipinski definition) is 6. The number of fused-ring (bicyclic) bond motifs is 3. The molecule has 2 aromatic carbocycles. The van der Waals surface area contributed by atoms with Gasteiger partial charge in [-0.3, -0.25) is 14.5 Å². The van der Waals surface area contributed by atoms with Gasteiger partial charge in [-0.2, -0.15) is 13.2 Å². The van der Waals surface area contributed by atoms with Gasteiger partial charge in [-0.15, -0.1) is 0 Å². The second-order valence-electron chi connectivity index (χ2n) is 13.3. The fourth-order valence-electron chi connectivity index (χ4n) is 7.73. The lowest BCUT2D eigenvalue weighted by molar-refractivity contribution is -0.168. The number of carbonyl (C=O) groups is 3. The van der Waals surface area contributed by atoms with Crippen molar-refractivity contribution < 1.29 is 32.3 Å². The minimum Gasteiger partial charge on any atom is -0.359 e. The number of nitrogens with one attached hydrogen (secondary N) is 2. The van der Waals surface area contributed by atoms with Gasteiger partial charge in [-0.25, -0.2) is 0 Å². The first kappa shape index (κ1) is 39.1. The molecule has 7 rings (SSSR count). The highest BCUT2D eigenvalue weighted by Crippen LogP contribution is 2.47. The van der Waals surface area contributed by atoms with Crippen LogP contribution in [-0.4, -0.2) is 103 Å². The van der Waals surface area contributed by atoms with Gasteiger partial charge in [0, 0.05) is 43.0 Å². The molecular weight excluding hydrogens is 647 g/mol. The Kier molecular flexibility index (Phi) is 13.3. The molecule has 3 aromatic rings. The van der Waals surface area contributed by atoms with E-state index < -0.39 is 18.0 Å². The summed E-state index contributed by atoms with van der Waals surface area (Å²) in [5.74, 6) is 0.0835. The minimum absolute atomic E-state index is 0.00618. The number of carbonyl (C=O) groups excluding carboxylic acids is 3. The van der Waals surface area contributed by atoms with Crippen molar-refractivity contribution in [3.05, 3.63) is 70.9 Å². The van der Waals surface area contributed by atoms with Crippen molar-refractivity contribution in [2.24, 2.45) is 5.92 Å². The van der Waals surface area contributed by atoms with Crippen LogP contribution in [0.15, 0.2) is 48.5 Å². The molecule has 4 aliphatic rings. The Hall–Kier alpha value is -3.74. The second-order valence-corrected chi connectivity index (χ2v) is 13.3. The largest absolute Gasteiger partial charge is 0.431 e. The number of rotatable bonds is 4. The molecule has 0 bridgehead atoms. The number of likely N-dealkylation sites (tertiary alicyclic amines) is 1. The fourth-order valence-corrected chi connectivity index (χ4v) is 7.73. The lowest BCUT2D eigenvalue weighted by Gasteiger charge is -2.45. The molecule has 1 aliphatic carbocycles. The summed E-state index contributed by atoms with van der Waals surface area (Å²) in [6.07, 6.45) is -1.14. The summed E-state index contributed by atoms with van der Waals surface area (Å²) < 4.78 is 46.1. The van der Waals surface area contributed by atoms with Crippen molar-refractivity contribution in [2.75, 3.05) is 40.8 Å². The van der Waals surface area contributed by atoms with Gasteiger partial charge < -0.3 is 29.6 Å². The summed E-state index contributed by atoms with van der Waals surface area (Å²) >= 11 is 0. The van der Waals surface area contributed by atoms with Crippen LogP contribution in [0.3, 0.4) is 0 Å². The standard InChI is InChI=1S/C18H20F3N3O.C11H18N2O3.C7H8.C2H6/c1-22-17(25)9-6-11-10-4-3-5-13-15(10)12(7-14(11)24(2)8-9)16(23-13)18(19,20)21;1-8(7-14)16-11-9-4-3-5-13(9)10(15)6-12(11)2;1-7-5-3-2-4-6-7;1-2/h3-5,9,11,14,23H,6-8H2,1-2H3,(H,22,25);7-9,11H,3-6H2,1-2H3;2-6H,1H3;1-2H3. The van der Waals surface area contributed by atoms with Gasteiger partial charge in [0.25, 0.3) is 0 Å². The van der Waals surface area contributed by atoms with Gasteiger partial charge in [0.05, 0.1) is 18.5 Å². The van der Waals surface area contributed by atoms with Gasteiger partial charge in [-0.05, 0) is 70.8 Å². The number of hydrogen-bond donors (Lipinski definition) is 2.